The Balaban J connectivity index is 2.13. The number of ether oxygens (including phenoxy) is 1. The Morgan fingerprint density at radius 2 is 2.06 bits per heavy atom. The molecule has 0 atom stereocenters. The Labute approximate surface area is 108 Å². The minimum absolute atomic E-state index is 0.168. The monoisotopic (exact) mass is 295 g/mol. The van der Waals surface area contributed by atoms with Gasteiger partial charge in [0.15, 0.2) is 0 Å². The van der Waals surface area contributed by atoms with E-state index in [0.29, 0.717) is 11.4 Å². The van der Waals surface area contributed by atoms with Crippen LogP contribution in [0.25, 0.3) is 0 Å². The van der Waals surface area contributed by atoms with Crippen LogP contribution >= 0.6 is 15.9 Å². The average Bonchev–Trinajstić information content (AvgIpc) is 2.33. The Morgan fingerprint density at radius 1 is 1.29 bits per heavy atom. The number of pyridine rings is 1. The molecule has 0 aliphatic carbocycles. The number of hydrogen-bond donors (Lipinski definition) is 0. The van der Waals surface area contributed by atoms with Gasteiger partial charge in [-0.05, 0) is 40.5 Å². The van der Waals surface area contributed by atoms with Crippen LogP contribution in [0.5, 0.6) is 5.88 Å². The molecular weight excluding hydrogens is 285 g/mol. The summed E-state index contributed by atoms with van der Waals surface area (Å²) in [4.78, 5) is 4.09. The SMILES string of the molecule is Cc1ccnc(OCc2ccccc2F)c1Br. The molecule has 2 nitrogen and oxygen atoms in total. The van der Waals surface area contributed by atoms with Crippen LogP contribution in [-0.4, -0.2) is 4.98 Å². The summed E-state index contributed by atoms with van der Waals surface area (Å²) < 4.78 is 19.6. The molecule has 17 heavy (non-hydrogen) atoms. The zero-order valence-corrected chi connectivity index (χ0v) is 10.9. The van der Waals surface area contributed by atoms with Gasteiger partial charge in [-0.15, -0.1) is 0 Å². The van der Waals surface area contributed by atoms with Crippen molar-refractivity contribution < 1.29 is 9.13 Å². The molecule has 0 unspecified atom stereocenters. The third kappa shape index (κ3) is 2.82. The van der Waals surface area contributed by atoms with Crippen molar-refractivity contribution >= 4 is 15.9 Å². The van der Waals surface area contributed by atoms with Gasteiger partial charge >= 0.3 is 0 Å². The molecule has 0 radical (unpaired) electrons. The molecule has 0 spiro atoms. The van der Waals surface area contributed by atoms with Crippen LogP contribution in [0.3, 0.4) is 0 Å². The first-order chi connectivity index (χ1) is 8.18. The van der Waals surface area contributed by atoms with Gasteiger partial charge in [-0.2, -0.15) is 0 Å². The molecule has 0 N–H and O–H groups in total. The quantitative estimate of drug-likeness (QED) is 0.857. The molecule has 88 valence electrons. The van der Waals surface area contributed by atoms with Gasteiger partial charge in [-0.3, -0.25) is 0 Å². The summed E-state index contributed by atoms with van der Waals surface area (Å²) in [5.74, 6) is 0.213. The predicted octanol–water partition coefficient (Wildman–Crippen LogP) is 3.87. The highest BCUT2D eigenvalue weighted by molar-refractivity contribution is 9.10. The van der Waals surface area contributed by atoms with E-state index in [0.717, 1.165) is 10.0 Å². The standard InChI is InChI=1S/C13H11BrFNO/c1-9-6-7-16-13(12(9)14)17-8-10-4-2-3-5-11(10)15/h2-7H,8H2,1H3. The third-order valence-corrected chi connectivity index (χ3v) is 3.34. The van der Waals surface area contributed by atoms with Crippen molar-refractivity contribution in [1.82, 2.24) is 4.98 Å². The number of aryl methyl sites for hydroxylation is 1. The van der Waals surface area contributed by atoms with Crippen LogP contribution in [0, 0.1) is 12.7 Å². The van der Waals surface area contributed by atoms with Gasteiger partial charge in [0.1, 0.15) is 12.4 Å². The van der Waals surface area contributed by atoms with E-state index >= 15 is 0 Å². The molecule has 2 aromatic rings. The maximum absolute atomic E-state index is 13.4. The van der Waals surface area contributed by atoms with Crippen molar-refractivity contribution in [3.8, 4) is 5.88 Å². The fourth-order valence-corrected chi connectivity index (χ4v) is 1.73. The second-order valence-electron chi connectivity index (χ2n) is 3.63. The van der Waals surface area contributed by atoms with Gasteiger partial charge in [0, 0.05) is 11.8 Å². The lowest BCUT2D eigenvalue weighted by molar-refractivity contribution is 0.286. The van der Waals surface area contributed by atoms with E-state index in [-0.39, 0.29) is 12.4 Å². The largest absolute Gasteiger partial charge is 0.472 e. The molecule has 0 saturated carbocycles. The summed E-state index contributed by atoms with van der Waals surface area (Å²) in [5, 5.41) is 0. The lowest BCUT2D eigenvalue weighted by atomic mass is 10.2. The Kier molecular flexibility index (Phi) is 3.74. The fourth-order valence-electron chi connectivity index (χ4n) is 1.38. The molecule has 1 aromatic carbocycles. The van der Waals surface area contributed by atoms with Crippen molar-refractivity contribution in [3.05, 3.63) is 57.9 Å². The molecule has 1 aromatic heterocycles. The summed E-state index contributed by atoms with van der Waals surface area (Å²) >= 11 is 3.39. The molecule has 0 aliphatic rings. The van der Waals surface area contributed by atoms with Gasteiger partial charge in [0.2, 0.25) is 5.88 Å². The van der Waals surface area contributed by atoms with Gasteiger partial charge < -0.3 is 4.74 Å². The second kappa shape index (κ2) is 5.27. The molecule has 0 saturated heterocycles. The maximum atomic E-state index is 13.4. The Hall–Kier alpha value is -1.42. The smallest absolute Gasteiger partial charge is 0.228 e. The van der Waals surface area contributed by atoms with Crippen LogP contribution in [0.2, 0.25) is 0 Å². The van der Waals surface area contributed by atoms with E-state index in [2.05, 4.69) is 20.9 Å². The summed E-state index contributed by atoms with van der Waals surface area (Å²) in [5.41, 5.74) is 1.55. The zero-order chi connectivity index (χ0) is 12.3. The van der Waals surface area contributed by atoms with E-state index in [1.807, 2.05) is 13.0 Å². The van der Waals surface area contributed by atoms with Gasteiger partial charge in [-0.1, -0.05) is 18.2 Å². The first-order valence-corrected chi connectivity index (χ1v) is 5.95. The van der Waals surface area contributed by atoms with Crippen molar-refractivity contribution in [2.24, 2.45) is 0 Å². The van der Waals surface area contributed by atoms with Gasteiger partial charge in [0.25, 0.3) is 0 Å². The van der Waals surface area contributed by atoms with E-state index in [9.17, 15) is 4.39 Å². The highest BCUT2D eigenvalue weighted by Crippen LogP contribution is 2.26. The lowest BCUT2D eigenvalue weighted by Crippen LogP contribution is -2.00. The summed E-state index contributed by atoms with van der Waals surface area (Å²) in [6, 6.07) is 8.41. The highest BCUT2D eigenvalue weighted by Gasteiger charge is 2.07. The predicted molar refractivity (Wildman–Crippen MR) is 67.4 cm³/mol. The first kappa shape index (κ1) is 12.0. The number of nitrogens with zero attached hydrogens (tertiary/aromatic N) is 1. The average molecular weight is 296 g/mol. The fraction of sp³-hybridized carbons (Fsp3) is 0.154. The minimum atomic E-state index is -0.267. The number of rotatable bonds is 3. The van der Waals surface area contributed by atoms with Crippen molar-refractivity contribution in [2.75, 3.05) is 0 Å². The molecule has 4 heteroatoms. The zero-order valence-electron chi connectivity index (χ0n) is 9.28. The van der Waals surface area contributed by atoms with E-state index in [1.165, 1.54) is 6.07 Å². The van der Waals surface area contributed by atoms with Gasteiger partial charge in [-0.25, -0.2) is 9.37 Å². The molecular formula is C13H11BrFNO. The molecule has 0 amide bonds. The summed E-state index contributed by atoms with van der Waals surface area (Å²) in [7, 11) is 0. The molecule has 0 bridgehead atoms. The van der Waals surface area contributed by atoms with Crippen molar-refractivity contribution in [1.29, 1.82) is 0 Å². The first-order valence-electron chi connectivity index (χ1n) is 5.16. The van der Waals surface area contributed by atoms with Crippen LogP contribution in [-0.2, 0) is 6.61 Å². The Bertz CT molecular complexity index is 531. The number of halogens is 2. The molecule has 2 rings (SSSR count). The lowest BCUT2D eigenvalue weighted by Gasteiger charge is -2.08. The minimum Gasteiger partial charge on any atom is -0.472 e. The van der Waals surface area contributed by atoms with E-state index < -0.39 is 0 Å². The van der Waals surface area contributed by atoms with Crippen LogP contribution in [0.1, 0.15) is 11.1 Å². The molecule has 0 aliphatic heterocycles. The van der Waals surface area contributed by atoms with Crippen LogP contribution in [0.4, 0.5) is 4.39 Å². The normalized spacial score (nSPS) is 10.3. The van der Waals surface area contributed by atoms with Crippen LogP contribution < -0.4 is 4.74 Å². The highest BCUT2D eigenvalue weighted by atomic mass is 79.9. The molecule has 0 fully saturated rings. The van der Waals surface area contributed by atoms with E-state index in [4.69, 9.17) is 4.74 Å². The summed E-state index contributed by atoms with van der Waals surface area (Å²) in [6.07, 6.45) is 1.66. The number of aromatic nitrogens is 1. The third-order valence-electron chi connectivity index (χ3n) is 2.37. The number of benzene rings is 1. The maximum Gasteiger partial charge on any atom is 0.228 e. The van der Waals surface area contributed by atoms with Crippen molar-refractivity contribution in [2.45, 2.75) is 13.5 Å². The topological polar surface area (TPSA) is 22.1 Å². The van der Waals surface area contributed by atoms with Crippen LogP contribution in [0.15, 0.2) is 41.0 Å². The van der Waals surface area contributed by atoms with E-state index in [1.54, 1.807) is 24.4 Å². The second-order valence-corrected chi connectivity index (χ2v) is 4.42. The molecule has 1 heterocycles. The van der Waals surface area contributed by atoms with Crippen molar-refractivity contribution in [3.63, 3.8) is 0 Å². The van der Waals surface area contributed by atoms with Gasteiger partial charge in [0.05, 0.1) is 4.47 Å². The summed E-state index contributed by atoms with van der Waals surface area (Å²) in [6.45, 7) is 2.11. The number of hydrogen-bond acceptors (Lipinski definition) is 2. The Morgan fingerprint density at radius 3 is 2.82 bits per heavy atom.